The molecule has 0 saturated carbocycles. The minimum absolute atomic E-state index is 0.195. The Labute approximate surface area is 305 Å². The first kappa shape index (κ1) is 39.4. The lowest BCUT2D eigenvalue weighted by molar-refractivity contribution is -0.290. The molecule has 1 heterocycles. The highest BCUT2D eigenvalue weighted by molar-refractivity contribution is 6.67. The summed E-state index contributed by atoms with van der Waals surface area (Å²) in [7, 11) is 0. The van der Waals surface area contributed by atoms with Crippen LogP contribution in [0.15, 0.2) is 91.0 Å². The first-order chi connectivity index (χ1) is 23.8. The number of carbonyl (C=O) groups excluding carboxylic acids is 1. The van der Waals surface area contributed by atoms with Gasteiger partial charge in [0.05, 0.1) is 26.4 Å². The number of amides is 1. The molecule has 4 rings (SSSR count). The number of rotatable bonds is 20. The van der Waals surface area contributed by atoms with E-state index in [0.29, 0.717) is 13.2 Å². The number of alkyl halides is 3. The summed E-state index contributed by atoms with van der Waals surface area (Å²) in [5.41, 5.74) is 2.96. The highest BCUT2D eigenvalue weighted by Crippen LogP contribution is 2.30. The minimum Gasteiger partial charge on any atom is -0.445 e. The maximum Gasteiger partial charge on any atom is 0.407 e. The molecule has 1 saturated heterocycles. The fourth-order valence-electron chi connectivity index (χ4n) is 5.54. The van der Waals surface area contributed by atoms with Crippen molar-refractivity contribution in [2.75, 3.05) is 19.8 Å². The van der Waals surface area contributed by atoms with Gasteiger partial charge in [-0.05, 0) is 23.1 Å². The largest absolute Gasteiger partial charge is 0.445 e. The third kappa shape index (κ3) is 14.8. The Hall–Kier alpha value is -2.40. The lowest BCUT2D eigenvalue weighted by Crippen LogP contribution is -2.66. The third-order valence-electron chi connectivity index (χ3n) is 8.04. The summed E-state index contributed by atoms with van der Waals surface area (Å²) < 4.78 is 35.9. The zero-order valence-electron chi connectivity index (χ0n) is 28.0. The Morgan fingerprint density at radius 3 is 1.82 bits per heavy atom. The zero-order valence-corrected chi connectivity index (χ0v) is 30.3. The number of benzene rings is 3. The van der Waals surface area contributed by atoms with Crippen molar-refractivity contribution in [1.82, 2.24) is 5.32 Å². The van der Waals surface area contributed by atoms with Crippen molar-refractivity contribution in [3.8, 4) is 0 Å². The molecule has 0 spiro atoms. The van der Waals surface area contributed by atoms with Crippen molar-refractivity contribution in [3.05, 3.63) is 108 Å². The number of alkyl carbamates (subject to hydrolysis) is 1. The van der Waals surface area contributed by atoms with E-state index in [9.17, 15) is 4.79 Å². The number of hydrogen-bond acceptors (Lipinski definition) is 7. The van der Waals surface area contributed by atoms with Gasteiger partial charge in [0.2, 0.25) is 3.79 Å². The van der Waals surface area contributed by atoms with Crippen LogP contribution >= 0.6 is 34.8 Å². The smallest absolute Gasteiger partial charge is 0.407 e. The van der Waals surface area contributed by atoms with Crippen molar-refractivity contribution in [3.63, 3.8) is 0 Å². The Morgan fingerprint density at radius 2 is 1.24 bits per heavy atom. The molecule has 0 aromatic heterocycles. The number of halogens is 3. The van der Waals surface area contributed by atoms with Gasteiger partial charge in [0, 0.05) is 6.61 Å². The first-order valence-electron chi connectivity index (χ1n) is 17.0. The standard InChI is InChI=1S/C38H48Cl3NO7/c1-2-3-4-5-6-16-23-45-36-33(42-37(43)48-28-38(39,40)41)35(47-26-31-21-14-9-15-22-31)34(46-25-30-19-12-8-13-20-30)32(49-36)27-44-24-29-17-10-7-11-18-29/h7-15,17-22,32-36H,2-6,16,23-28H2,1H3,(H,42,43)/t32-,33-,34-,35-,36-/m1/s1. The highest BCUT2D eigenvalue weighted by Gasteiger charge is 2.49. The SMILES string of the molecule is CCCCCCCCO[C@@H]1O[C@H](COCc2ccccc2)[C@@H](OCc2ccccc2)[C@H](OCc2ccccc2)[C@H]1NC(=O)OCC(Cl)(Cl)Cl. The average molecular weight is 737 g/mol. The topological polar surface area (TPSA) is 84.5 Å². The fourth-order valence-corrected chi connectivity index (χ4v) is 5.70. The van der Waals surface area contributed by atoms with E-state index in [2.05, 4.69) is 12.2 Å². The number of nitrogens with one attached hydrogen (secondary N) is 1. The second kappa shape index (κ2) is 21.7. The Morgan fingerprint density at radius 1 is 0.714 bits per heavy atom. The number of unbranched alkanes of at least 4 members (excludes halogenated alkanes) is 5. The summed E-state index contributed by atoms with van der Waals surface area (Å²) in [4.78, 5) is 13.2. The van der Waals surface area contributed by atoms with E-state index in [1.807, 2.05) is 91.0 Å². The van der Waals surface area contributed by atoms with E-state index < -0.39 is 47.1 Å². The van der Waals surface area contributed by atoms with Gasteiger partial charge in [0.15, 0.2) is 6.29 Å². The number of carbonyl (C=O) groups is 1. The van der Waals surface area contributed by atoms with E-state index >= 15 is 0 Å². The molecule has 0 radical (unpaired) electrons. The van der Waals surface area contributed by atoms with Gasteiger partial charge in [0.25, 0.3) is 0 Å². The molecular weight excluding hydrogens is 689 g/mol. The normalized spacial score (nSPS) is 20.9. The van der Waals surface area contributed by atoms with Gasteiger partial charge in [-0.1, -0.05) is 165 Å². The first-order valence-corrected chi connectivity index (χ1v) is 18.2. The van der Waals surface area contributed by atoms with E-state index in [-0.39, 0.29) is 19.8 Å². The molecule has 5 atom stereocenters. The van der Waals surface area contributed by atoms with Crippen molar-refractivity contribution >= 4 is 40.9 Å². The van der Waals surface area contributed by atoms with Crippen LogP contribution in [0.1, 0.15) is 62.1 Å². The van der Waals surface area contributed by atoms with Crippen LogP contribution in [-0.2, 0) is 48.2 Å². The van der Waals surface area contributed by atoms with Gasteiger partial charge >= 0.3 is 6.09 Å². The van der Waals surface area contributed by atoms with E-state index in [4.69, 9.17) is 63.2 Å². The molecule has 0 bridgehead atoms. The van der Waals surface area contributed by atoms with Crippen LogP contribution in [0, 0.1) is 0 Å². The maximum atomic E-state index is 13.2. The van der Waals surface area contributed by atoms with Crippen LogP contribution in [0.3, 0.4) is 0 Å². The molecular formula is C38H48Cl3NO7. The van der Waals surface area contributed by atoms with Crippen molar-refractivity contribution in [2.45, 2.75) is 99.7 Å². The second-order valence-electron chi connectivity index (χ2n) is 12.1. The van der Waals surface area contributed by atoms with Gasteiger partial charge in [0.1, 0.15) is 31.0 Å². The lowest BCUT2D eigenvalue weighted by Gasteiger charge is -2.46. The lowest BCUT2D eigenvalue weighted by atomic mass is 9.96. The molecule has 1 N–H and O–H groups in total. The molecule has 8 nitrogen and oxygen atoms in total. The van der Waals surface area contributed by atoms with Crippen LogP contribution < -0.4 is 5.32 Å². The highest BCUT2D eigenvalue weighted by atomic mass is 35.6. The van der Waals surface area contributed by atoms with Crippen molar-refractivity contribution in [1.29, 1.82) is 0 Å². The van der Waals surface area contributed by atoms with Crippen LogP contribution in [0.25, 0.3) is 0 Å². The molecule has 1 amide bonds. The second-order valence-corrected chi connectivity index (χ2v) is 14.6. The predicted octanol–water partition coefficient (Wildman–Crippen LogP) is 8.94. The van der Waals surface area contributed by atoms with E-state index in [1.165, 1.54) is 19.3 Å². The predicted molar refractivity (Wildman–Crippen MR) is 193 cm³/mol. The van der Waals surface area contributed by atoms with Gasteiger partial charge in [-0.15, -0.1) is 0 Å². The van der Waals surface area contributed by atoms with Gasteiger partial charge in [-0.3, -0.25) is 0 Å². The molecule has 0 aliphatic carbocycles. The van der Waals surface area contributed by atoms with Crippen LogP contribution in [-0.4, -0.2) is 60.4 Å². The van der Waals surface area contributed by atoms with E-state index in [0.717, 1.165) is 36.0 Å². The van der Waals surface area contributed by atoms with Gasteiger partial charge in [-0.25, -0.2) is 4.79 Å². The van der Waals surface area contributed by atoms with Gasteiger partial charge in [-0.2, -0.15) is 0 Å². The molecule has 11 heteroatoms. The maximum absolute atomic E-state index is 13.2. The molecule has 49 heavy (non-hydrogen) atoms. The fraction of sp³-hybridized carbons (Fsp3) is 0.500. The van der Waals surface area contributed by atoms with Crippen LogP contribution in [0.5, 0.6) is 0 Å². The summed E-state index contributed by atoms with van der Waals surface area (Å²) in [6.07, 6.45) is 2.85. The monoisotopic (exact) mass is 735 g/mol. The van der Waals surface area contributed by atoms with E-state index in [1.54, 1.807) is 0 Å². The third-order valence-corrected chi connectivity index (χ3v) is 8.37. The number of hydrogen-bond donors (Lipinski definition) is 1. The van der Waals surface area contributed by atoms with Crippen molar-refractivity contribution in [2.24, 2.45) is 0 Å². The summed E-state index contributed by atoms with van der Waals surface area (Å²) >= 11 is 17.6. The molecule has 1 aliphatic rings. The quantitative estimate of drug-likeness (QED) is 0.0916. The molecule has 0 unspecified atom stereocenters. The molecule has 268 valence electrons. The van der Waals surface area contributed by atoms with Gasteiger partial charge < -0.3 is 33.7 Å². The Bertz CT molecular complexity index is 1320. The Balaban J connectivity index is 1.59. The summed E-state index contributed by atoms with van der Waals surface area (Å²) in [5, 5.41) is 2.89. The van der Waals surface area contributed by atoms with Crippen molar-refractivity contribution < 1.29 is 33.2 Å². The molecule has 3 aromatic carbocycles. The summed E-state index contributed by atoms with van der Waals surface area (Å²) in [6, 6.07) is 28.7. The summed E-state index contributed by atoms with van der Waals surface area (Å²) in [5.74, 6) is 0. The molecule has 3 aromatic rings. The van der Waals surface area contributed by atoms with Crippen LogP contribution in [0.4, 0.5) is 4.79 Å². The van der Waals surface area contributed by atoms with Crippen LogP contribution in [0.2, 0.25) is 0 Å². The molecule has 1 aliphatic heterocycles. The number of ether oxygens (including phenoxy) is 6. The minimum atomic E-state index is -1.78. The molecule has 1 fully saturated rings. The Kier molecular flexibility index (Phi) is 17.5. The average Bonchev–Trinajstić information content (AvgIpc) is 3.11. The zero-order chi connectivity index (χ0) is 34.7. The summed E-state index contributed by atoms with van der Waals surface area (Å²) in [6.45, 7) is 3.29.